The maximum atomic E-state index is 5.73. The van der Waals surface area contributed by atoms with Crippen LogP contribution in [0.1, 0.15) is 12.0 Å². The molecule has 1 aromatic rings. The number of benzene rings is 1. The quantitative estimate of drug-likeness (QED) is 0.602. The van der Waals surface area contributed by atoms with Gasteiger partial charge in [-0.3, -0.25) is 0 Å². The van der Waals surface area contributed by atoms with Gasteiger partial charge in [0, 0.05) is 20.3 Å². The molecule has 0 unspecified atom stereocenters. The molecule has 20 heavy (non-hydrogen) atoms. The van der Waals surface area contributed by atoms with Gasteiger partial charge < -0.3 is 19.9 Å². The van der Waals surface area contributed by atoms with Crippen LogP contribution < -0.4 is 10.5 Å². The number of ether oxygens (including phenoxy) is 3. The van der Waals surface area contributed by atoms with Crippen LogP contribution in [0.4, 0.5) is 0 Å². The third kappa shape index (κ3) is 6.54. The Hall–Kier alpha value is -0.140. The Labute approximate surface area is 137 Å². The van der Waals surface area contributed by atoms with E-state index in [2.05, 4.69) is 31.9 Å². The van der Waals surface area contributed by atoms with Crippen molar-refractivity contribution >= 4 is 31.9 Å². The Balaban J connectivity index is 2.36. The first-order valence-electron chi connectivity index (χ1n) is 6.56. The van der Waals surface area contributed by atoms with Gasteiger partial charge in [0.2, 0.25) is 0 Å². The standard InChI is InChI=1S/C14H21Br2NO3/c1-18-5-2-6-19-7-8-20-14-12(15)9-11(3-4-17)10-13(14)16/h9-10H,2-8,17H2,1H3. The van der Waals surface area contributed by atoms with E-state index in [1.165, 1.54) is 5.56 Å². The van der Waals surface area contributed by atoms with Gasteiger partial charge in [-0.05, 0) is 68.9 Å². The Bertz CT molecular complexity index is 379. The Kier molecular flexibility index (Phi) is 9.46. The molecule has 0 bridgehead atoms. The monoisotopic (exact) mass is 409 g/mol. The highest BCUT2D eigenvalue weighted by Gasteiger charge is 2.08. The van der Waals surface area contributed by atoms with Crippen molar-refractivity contribution in [1.29, 1.82) is 0 Å². The van der Waals surface area contributed by atoms with Crippen LogP contribution in [0.25, 0.3) is 0 Å². The van der Waals surface area contributed by atoms with Crippen LogP contribution in [-0.2, 0) is 15.9 Å². The van der Waals surface area contributed by atoms with E-state index in [1.807, 2.05) is 12.1 Å². The van der Waals surface area contributed by atoms with Crippen LogP contribution in [0.15, 0.2) is 21.1 Å². The number of halogens is 2. The van der Waals surface area contributed by atoms with Crippen LogP contribution in [0.3, 0.4) is 0 Å². The van der Waals surface area contributed by atoms with Crippen molar-refractivity contribution in [1.82, 2.24) is 0 Å². The molecule has 0 aliphatic carbocycles. The summed E-state index contributed by atoms with van der Waals surface area (Å²) < 4.78 is 18.0. The molecule has 114 valence electrons. The van der Waals surface area contributed by atoms with Gasteiger partial charge in [0.15, 0.2) is 0 Å². The highest BCUT2D eigenvalue weighted by Crippen LogP contribution is 2.34. The zero-order valence-corrected chi connectivity index (χ0v) is 14.8. The van der Waals surface area contributed by atoms with Crippen molar-refractivity contribution < 1.29 is 14.2 Å². The summed E-state index contributed by atoms with van der Waals surface area (Å²) in [5, 5.41) is 0. The zero-order chi connectivity index (χ0) is 14.8. The fourth-order valence-corrected chi connectivity index (χ4v) is 3.18. The van der Waals surface area contributed by atoms with Crippen molar-refractivity contribution in [3.05, 3.63) is 26.6 Å². The van der Waals surface area contributed by atoms with Crippen molar-refractivity contribution in [2.75, 3.05) is 40.1 Å². The second kappa shape index (κ2) is 10.6. The molecule has 0 saturated heterocycles. The zero-order valence-electron chi connectivity index (χ0n) is 11.7. The first-order valence-corrected chi connectivity index (χ1v) is 8.15. The molecule has 0 aliphatic heterocycles. The lowest BCUT2D eigenvalue weighted by molar-refractivity contribution is 0.0803. The summed E-state index contributed by atoms with van der Waals surface area (Å²) in [6.07, 6.45) is 1.75. The number of methoxy groups -OCH3 is 1. The molecule has 0 saturated carbocycles. The van der Waals surface area contributed by atoms with Gasteiger partial charge in [0.1, 0.15) is 12.4 Å². The van der Waals surface area contributed by atoms with E-state index in [1.54, 1.807) is 7.11 Å². The maximum absolute atomic E-state index is 5.73. The summed E-state index contributed by atoms with van der Waals surface area (Å²) in [7, 11) is 1.69. The fourth-order valence-electron chi connectivity index (χ4n) is 1.67. The van der Waals surface area contributed by atoms with Crippen LogP contribution in [0.5, 0.6) is 5.75 Å². The summed E-state index contributed by atoms with van der Waals surface area (Å²) in [6, 6.07) is 4.07. The lowest BCUT2D eigenvalue weighted by Gasteiger charge is -2.12. The van der Waals surface area contributed by atoms with Gasteiger partial charge >= 0.3 is 0 Å². The Morgan fingerprint density at radius 3 is 2.35 bits per heavy atom. The van der Waals surface area contributed by atoms with Crippen molar-refractivity contribution in [3.8, 4) is 5.75 Å². The first-order chi connectivity index (χ1) is 9.69. The van der Waals surface area contributed by atoms with Gasteiger partial charge in [-0.25, -0.2) is 0 Å². The summed E-state index contributed by atoms with van der Waals surface area (Å²) in [5.74, 6) is 0.797. The van der Waals surface area contributed by atoms with E-state index < -0.39 is 0 Å². The molecule has 1 rings (SSSR count). The normalized spacial score (nSPS) is 10.8. The number of hydrogen-bond acceptors (Lipinski definition) is 4. The summed E-state index contributed by atoms with van der Waals surface area (Å²) in [6.45, 7) is 3.12. The van der Waals surface area contributed by atoms with Crippen LogP contribution in [0.2, 0.25) is 0 Å². The molecule has 0 amide bonds. The lowest BCUT2D eigenvalue weighted by Crippen LogP contribution is -2.09. The molecule has 1 aromatic carbocycles. The van der Waals surface area contributed by atoms with Crippen molar-refractivity contribution in [2.24, 2.45) is 5.73 Å². The Morgan fingerprint density at radius 2 is 1.75 bits per heavy atom. The molecule has 0 fully saturated rings. The molecule has 4 nitrogen and oxygen atoms in total. The average molecular weight is 411 g/mol. The van der Waals surface area contributed by atoms with Gasteiger partial charge in [-0.1, -0.05) is 0 Å². The van der Waals surface area contributed by atoms with E-state index in [9.17, 15) is 0 Å². The molecular formula is C14H21Br2NO3. The molecular weight excluding hydrogens is 390 g/mol. The van der Waals surface area contributed by atoms with Crippen molar-refractivity contribution in [2.45, 2.75) is 12.8 Å². The molecule has 0 radical (unpaired) electrons. The van der Waals surface area contributed by atoms with Crippen LogP contribution >= 0.6 is 31.9 Å². The van der Waals surface area contributed by atoms with E-state index in [0.717, 1.165) is 34.1 Å². The minimum atomic E-state index is 0.514. The lowest BCUT2D eigenvalue weighted by atomic mass is 10.1. The first kappa shape index (κ1) is 17.9. The van der Waals surface area contributed by atoms with Crippen LogP contribution in [0, 0.1) is 0 Å². The summed E-state index contributed by atoms with van der Waals surface area (Å²) >= 11 is 7.04. The van der Waals surface area contributed by atoms with E-state index >= 15 is 0 Å². The van der Waals surface area contributed by atoms with Crippen molar-refractivity contribution in [3.63, 3.8) is 0 Å². The maximum Gasteiger partial charge on any atom is 0.147 e. The largest absolute Gasteiger partial charge is 0.489 e. The van der Waals surface area contributed by atoms with E-state index in [4.69, 9.17) is 19.9 Å². The predicted octanol–water partition coefficient (Wildman–Crippen LogP) is 3.14. The fraction of sp³-hybridized carbons (Fsp3) is 0.571. The SMILES string of the molecule is COCCCOCCOc1c(Br)cc(CCN)cc1Br. The molecule has 0 heterocycles. The summed E-state index contributed by atoms with van der Waals surface area (Å²) in [4.78, 5) is 0. The number of rotatable bonds is 10. The average Bonchev–Trinajstić information content (AvgIpc) is 2.40. The smallest absolute Gasteiger partial charge is 0.147 e. The molecule has 0 aliphatic rings. The minimum Gasteiger partial charge on any atom is -0.489 e. The second-order valence-corrected chi connectivity index (χ2v) is 5.94. The molecule has 0 spiro atoms. The van der Waals surface area contributed by atoms with Gasteiger partial charge in [0.25, 0.3) is 0 Å². The molecule has 0 aromatic heterocycles. The predicted molar refractivity (Wildman–Crippen MR) is 87.4 cm³/mol. The third-order valence-electron chi connectivity index (χ3n) is 2.60. The minimum absolute atomic E-state index is 0.514. The highest BCUT2D eigenvalue weighted by molar-refractivity contribution is 9.11. The third-order valence-corrected chi connectivity index (χ3v) is 3.78. The number of hydrogen-bond donors (Lipinski definition) is 1. The van der Waals surface area contributed by atoms with E-state index in [0.29, 0.717) is 26.4 Å². The van der Waals surface area contributed by atoms with Crippen LogP contribution in [-0.4, -0.2) is 40.1 Å². The topological polar surface area (TPSA) is 53.7 Å². The van der Waals surface area contributed by atoms with Gasteiger partial charge in [-0.2, -0.15) is 0 Å². The summed E-state index contributed by atoms with van der Waals surface area (Å²) in [5.41, 5.74) is 6.74. The molecule has 0 atom stereocenters. The highest BCUT2D eigenvalue weighted by atomic mass is 79.9. The molecule has 2 N–H and O–H groups in total. The van der Waals surface area contributed by atoms with Gasteiger partial charge in [-0.15, -0.1) is 0 Å². The molecule has 6 heteroatoms. The second-order valence-electron chi connectivity index (χ2n) is 4.23. The Morgan fingerprint density at radius 1 is 1.05 bits per heavy atom. The van der Waals surface area contributed by atoms with E-state index in [-0.39, 0.29) is 0 Å². The number of nitrogens with two attached hydrogens (primary N) is 1. The van der Waals surface area contributed by atoms with Gasteiger partial charge in [0.05, 0.1) is 15.6 Å².